The number of carbonyl (C=O) groups is 1. The third-order valence-corrected chi connectivity index (χ3v) is 2.88. The van der Waals surface area contributed by atoms with Crippen LogP contribution in [0.3, 0.4) is 0 Å². The van der Waals surface area contributed by atoms with Gasteiger partial charge in [0.05, 0.1) is 16.1 Å². The van der Waals surface area contributed by atoms with E-state index in [0.29, 0.717) is 16.1 Å². The molecule has 0 saturated heterocycles. The number of aromatic nitrogens is 1. The van der Waals surface area contributed by atoms with Crippen LogP contribution in [0.2, 0.25) is 10.2 Å². The Hall–Kier alpha value is -2.02. The number of nitrogens with two attached hydrogens (primary N) is 1. The molecule has 0 aliphatic carbocycles. The minimum absolute atomic E-state index is 0.192. The quantitative estimate of drug-likeness (QED) is 0.649. The van der Waals surface area contributed by atoms with Crippen molar-refractivity contribution in [1.82, 2.24) is 4.98 Å². The summed E-state index contributed by atoms with van der Waals surface area (Å²) in [6, 6.07) is 8.54. The van der Waals surface area contributed by atoms with Crippen LogP contribution in [-0.4, -0.2) is 10.9 Å². The second kappa shape index (κ2) is 5.75. The Morgan fingerprint density at radius 2 is 1.84 bits per heavy atom. The van der Waals surface area contributed by atoms with Gasteiger partial charge in [-0.05, 0) is 18.2 Å². The van der Waals surface area contributed by atoms with Gasteiger partial charge in [0, 0.05) is 11.8 Å². The summed E-state index contributed by atoms with van der Waals surface area (Å²) in [5.74, 6) is 5.09. The highest BCUT2D eigenvalue weighted by Gasteiger charge is 2.07. The van der Waals surface area contributed by atoms with Gasteiger partial charge in [-0.25, -0.2) is 4.98 Å². The average Bonchev–Trinajstić information content (AvgIpc) is 2.38. The van der Waals surface area contributed by atoms with Crippen LogP contribution < -0.4 is 5.73 Å². The summed E-state index contributed by atoms with van der Waals surface area (Å²) >= 11 is 11.7. The van der Waals surface area contributed by atoms with Crippen LogP contribution >= 0.6 is 23.2 Å². The van der Waals surface area contributed by atoms with E-state index in [9.17, 15) is 4.79 Å². The molecule has 0 spiro atoms. The van der Waals surface area contributed by atoms with Crippen molar-refractivity contribution >= 4 is 29.1 Å². The molecule has 0 radical (unpaired) electrons. The van der Waals surface area contributed by atoms with Gasteiger partial charge in [-0.15, -0.1) is 0 Å². The van der Waals surface area contributed by atoms with Crippen molar-refractivity contribution in [3.8, 4) is 11.8 Å². The molecule has 1 heterocycles. The third-order valence-electron chi connectivity index (χ3n) is 2.34. The van der Waals surface area contributed by atoms with Gasteiger partial charge >= 0.3 is 0 Å². The molecule has 3 nitrogen and oxygen atoms in total. The van der Waals surface area contributed by atoms with Gasteiger partial charge in [0.1, 0.15) is 5.15 Å². The monoisotopic (exact) mass is 290 g/mol. The van der Waals surface area contributed by atoms with Gasteiger partial charge in [0.25, 0.3) is 0 Å². The molecule has 1 aromatic carbocycles. The molecule has 2 aromatic rings. The number of hydrogen-bond acceptors (Lipinski definition) is 2. The summed E-state index contributed by atoms with van der Waals surface area (Å²) in [7, 11) is 0. The lowest BCUT2D eigenvalue weighted by Crippen LogP contribution is -2.13. The molecule has 0 saturated carbocycles. The highest BCUT2D eigenvalue weighted by atomic mass is 35.5. The number of halogens is 2. The largest absolute Gasteiger partial charge is 0.366 e. The van der Waals surface area contributed by atoms with Gasteiger partial charge < -0.3 is 5.73 Å². The van der Waals surface area contributed by atoms with Crippen LogP contribution in [0.15, 0.2) is 36.5 Å². The van der Waals surface area contributed by atoms with E-state index >= 15 is 0 Å². The number of amides is 1. The van der Waals surface area contributed by atoms with Crippen molar-refractivity contribution in [3.05, 3.63) is 63.4 Å². The first kappa shape index (κ1) is 13.4. The van der Waals surface area contributed by atoms with E-state index in [-0.39, 0.29) is 10.7 Å². The van der Waals surface area contributed by atoms with Gasteiger partial charge in [0.15, 0.2) is 0 Å². The van der Waals surface area contributed by atoms with Crippen molar-refractivity contribution in [3.63, 3.8) is 0 Å². The summed E-state index contributed by atoms with van der Waals surface area (Å²) in [4.78, 5) is 15.2. The third kappa shape index (κ3) is 3.25. The molecule has 0 atom stereocenters. The summed E-state index contributed by atoms with van der Waals surface area (Å²) in [5, 5.41) is 0.731. The number of benzene rings is 1. The molecule has 0 aliphatic rings. The summed E-state index contributed by atoms with van der Waals surface area (Å²) < 4.78 is 0. The van der Waals surface area contributed by atoms with Crippen molar-refractivity contribution in [2.45, 2.75) is 0 Å². The van der Waals surface area contributed by atoms with E-state index in [0.717, 1.165) is 0 Å². The van der Waals surface area contributed by atoms with Crippen LogP contribution in [0, 0.1) is 11.8 Å². The standard InChI is InChI=1S/C14H8Cl2N2O/c15-12-4-2-1-3-9(12)5-6-10-8-18-13(16)7-11(10)14(17)19/h1-4,7-8H,(H2,17,19). The van der Waals surface area contributed by atoms with E-state index in [1.165, 1.54) is 12.3 Å². The number of carbonyl (C=O) groups excluding carboxylic acids is 1. The number of nitrogens with zero attached hydrogens (tertiary/aromatic N) is 1. The first-order valence-electron chi connectivity index (χ1n) is 5.30. The lowest BCUT2D eigenvalue weighted by Gasteiger charge is -1.99. The van der Waals surface area contributed by atoms with Gasteiger partial charge in [-0.3, -0.25) is 4.79 Å². The minimum Gasteiger partial charge on any atom is -0.366 e. The topological polar surface area (TPSA) is 56.0 Å². The van der Waals surface area contributed by atoms with Crippen molar-refractivity contribution in [2.75, 3.05) is 0 Å². The molecular weight excluding hydrogens is 283 g/mol. The molecule has 1 amide bonds. The number of rotatable bonds is 1. The SMILES string of the molecule is NC(=O)c1cc(Cl)ncc1C#Cc1ccccc1Cl. The van der Waals surface area contributed by atoms with Crippen LogP contribution in [0.1, 0.15) is 21.5 Å². The molecule has 5 heteroatoms. The normalized spacial score (nSPS) is 9.58. The fraction of sp³-hybridized carbons (Fsp3) is 0. The second-order valence-electron chi connectivity index (χ2n) is 3.65. The maximum absolute atomic E-state index is 11.3. The number of pyridine rings is 1. The predicted molar refractivity (Wildman–Crippen MR) is 75.2 cm³/mol. The van der Waals surface area contributed by atoms with Crippen molar-refractivity contribution < 1.29 is 4.79 Å². The first-order valence-corrected chi connectivity index (χ1v) is 6.05. The average molecular weight is 291 g/mol. The maximum Gasteiger partial charge on any atom is 0.250 e. The summed E-state index contributed by atoms with van der Waals surface area (Å²) in [6.07, 6.45) is 1.41. The molecule has 2 rings (SSSR count). The smallest absolute Gasteiger partial charge is 0.250 e. The van der Waals surface area contributed by atoms with E-state index < -0.39 is 5.91 Å². The zero-order chi connectivity index (χ0) is 13.8. The Morgan fingerprint density at radius 1 is 1.16 bits per heavy atom. The van der Waals surface area contributed by atoms with Gasteiger partial charge in [-0.1, -0.05) is 47.2 Å². The molecular formula is C14H8Cl2N2O. The van der Waals surface area contributed by atoms with E-state index in [4.69, 9.17) is 28.9 Å². The second-order valence-corrected chi connectivity index (χ2v) is 4.44. The molecule has 0 unspecified atom stereocenters. The maximum atomic E-state index is 11.3. The molecule has 0 aliphatic heterocycles. The first-order chi connectivity index (χ1) is 9.08. The molecule has 0 fully saturated rings. The van der Waals surface area contributed by atoms with Gasteiger partial charge in [-0.2, -0.15) is 0 Å². The minimum atomic E-state index is -0.604. The highest BCUT2D eigenvalue weighted by molar-refractivity contribution is 6.31. The zero-order valence-corrected chi connectivity index (χ0v) is 11.2. The fourth-order valence-corrected chi connectivity index (χ4v) is 1.77. The van der Waals surface area contributed by atoms with Crippen molar-refractivity contribution in [1.29, 1.82) is 0 Å². The lowest BCUT2D eigenvalue weighted by atomic mass is 10.1. The Labute approximate surface area is 120 Å². The Morgan fingerprint density at radius 3 is 2.53 bits per heavy atom. The lowest BCUT2D eigenvalue weighted by molar-refractivity contribution is 0.1000. The van der Waals surface area contributed by atoms with Crippen LogP contribution in [0.5, 0.6) is 0 Å². The predicted octanol–water partition coefficient (Wildman–Crippen LogP) is 2.89. The number of primary amides is 1. The Balaban J connectivity index is 2.46. The zero-order valence-electron chi connectivity index (χ0n) is 9.65. The van der Waals surface area contributed by atoms with Crippen molar-refractivity contribution in [2.24, 2.45) is 5.73 Å². The molecule has 94 valence electrons. The van der Waals surface area contributed by atoms with E-state index in [1.54, 1.807) is 12.1 Å². The molecule has 2 N–H and O–H groups in total. The van der Waals surface area contributed by atoms with Crippen LogP contribution in [0.4, 0.5) is 0 Å². The van der Waals surface area contributed by atoms with Crippen LogP contribution in [0.25, 0.3) is 0 Å². The molecule has 1 aromatic heterocycles. The summed E-state index contributed by atoms with van der Waals surface area (Å²) in [6.45, 7) is 0. The van der Waals surface area contributed by atoms with Gasteiger partial charge in [0.2, 0.25) is 5.91 Å². The fourth-order valence-electron chi connectivity index (χ4n) is 1.43. The van der Waals surface area contributed by atoms with E-state index in [1.807, 2.05) is 12.1 Å². The Kier molecular flexibility index (Phi) is 4.06. The summed E-state index contributed by atoms with van der Waals surface area (Å²) in [5.41, 5.74) is 6.57. The highest BCUT2D eigenvalue weighted by Crippen LogP contribution is 2.15. The number of hydrogen-bond donors (Lipinski definition) is 1. The molecule has 19 heavy (non-hydrogen) atoms. The molecule has 0 bridgehead atoms. The Bertz CT molecular complexity index is 702. The van der Waals surface area contributed by atoms with Crippen LogP contribution in [-0.2, 0) is 0 Å². The van der Waals surface area contributed by atoms with E-state index in [2.05, 4.69) is 16.8 Å².